The minimum atomic E-state index is -0.557. The van der Waals surface area contributed by atoms with Crippen LogP contribution in [0.1, 0.15) is 24.2 Å². The molecule has 1 aromatic carbocycles. The van der Waals surface area contributed by atoms with Crippen LogP contribution >= 0.6 is 0 Å². The molecule has 0 radical (unpaired) electrons. The zero-order chi connectivity index (χ0) is 24.4. The number of halogens is 1. The largest absolute Gasteiger partial charge is 0.486 e. The Morgan fingerprint density at radius 1 is 1.00 bits per heavy atom. The lowest BCUT2D eigenvalue weighted by atomic mass is 10.1. The van der Waals surface area contributed by atoms with Crippen molar-refractivity contribution in [1.29, 1.82) is 0 Å². The van der Waals surface area contributed by atoms with E-state index in [0.29, 0.717) is 60.8 Å². The number of nitrogens with one attached hydrogen (secondary N) is 1. The average molecular weight is 479 g/mol. The number of hydrogen-bond acceptors (Lipinski definition) is 8. The monoisotopic (exact) mass is 478 g/mol. The highest BCUT2D eigenvalue weighted by Gasteiger charge is 2.23. The number of benzene rings is 1. The van der Waals surface area contributed by atoms with Crippen LogP contribution in [-0.4, -0.2) is 76.1 Å². The highest BCUT2D eigenvalue weighted by molar-refractivity contribution is 5.94. The normalized spacial score (nSPS) is 15.8. The summed E-state index contributed by atoms with van der Waals surface area (Å²) in [5.41, 5.74) is 1.20. The standard InChI is InChI=1S/C25H27FN6O3/c1-16(2)31-7-9-32(10-8-31)24(33)18-4-6-22(27-14-18)29-25-28-15-19(26)23(30-25)17-3-5-20-21(13-17)35-12-11-34-20/h3-6,13-16H,7-12H2,1-2H3,(H,27,28,29,30). The van der Waals surface area contributed by atoms with Crippen molar-refractivity contribution >= 4 is 17.7 Å². The van der Waals surface area contributed by atoms with Gasteiger partial charge in [0.2, 0.25) is 5.95 Å². The molecule has 1 amide bonds. The summed E-state index contributed by atoms with van der Waals surface area (Å²) in [4.78, 5) is 29.7. The van der Waals surface area contributed by atoms with E-state index in [9.17, 15) is 9.18 Å². The van der Waals surface area contributed by atoms with Gasteiger partial charge in [-0.2, -0.15) is 0 Å². The topological polar surface area (TPSA) is 92.7 Å². The van der Waals surface area contributed by atoms with Crippen molar-refractivity contribution in [3.63, 3.8) is 0 Å². The predicted molar refractivity (Wildman–Crippen MR) is 129 cm³/mol. The first kappa shape index (κ1) is 23.0. The van der Waals surface area contributed by atoms with Gasteiger partial charge in [-0.15, -0.1) is 0 Å². The van der Waals surface area contributed by atoms with Gasteiger partial charge in [0.25, 0.3) is 5.91 Å². The number of amides is 1. The second kappa shape index (κ2) is 9.83. The Kier molecular flexibility index (Phi) is 6.45. The molecule has 35 heavy (non-hydrogen) atoms. The van der Waals surface area contributed by atoms with Gasteiger partial charge < -0.3 is 19.7 Å². The molecule has 0 spiro atoms. The lowest BCUT2D eigenvalue weighted by molar-refractivity contribution is 0.0595. The van der Waals surface area contributed by atoms with Gasteiger partial charge in [0.05, 0.1) is 11.8 Å². The van der Waals surface area contributed by atoms with E-state index < -0.39 is 5.82 Å². The molecular formula is C25H27FN6O3. The molecule has 0 saturated carbocycles. The molecule has 2 aliphatic rings. The van der Waals surface area contributed by atoms with Crippen molar-refractivity contribution < 1.29 is 18.7 Å². The average Bonchev–Trinajstić information content (AvgIpc) is 2.89. The van der Waals surface area contributed by atoms with E-state index in [1.54, 1.807) is 30.3 Å². The number of rotatable bonds is 5. The fourth-order valence-corrected chi connectivity index (χ4v) is 4.15. The number of ether oxygens (including phenoxy) is 2. The Labute approximate surface area is 202 Å². The number of pyridine rings is 1. The van der Waals surface area contributed by atoms with Crippen molar-refractivity contribution in [2.75, 3.05) is 44.7 Å². The van der Waals surface area contributed by atoms with Crippen molar-refractivity contribution in [2.24, 2.45) is 0 Å². The predicted octanol–water partition coefficient (Wildman–Crippen LogP) is 3.36. The number of hydrogen-bond donors (Lipinski definition) is 1. The number of piperazine rings is 1. The molecular weight excluding hydrogens is 451 g/mol. The summed E-state index contributed by atoms with van der Waals surface area (Å²) in [7, 11) is 0. The van der Waals surface area contributed by atoms with E-state index in [1.165, 1.54) is 6.20 Å². The number of aromatic nitrogens is 3. The highest BCUT2D eigenvalue weighted by Crippen LogP contribution is 2.34. The number of fused-ring (bicyclic) bond motifs is 1. The molecule has 0 aliphatic carbocycles. The zero-order valence-corrected chi connectivity index (χ0v) is 19.7. The quantitative estimate of drug-likeness (QED) is 0.597. The van der Waals surface area contributed by atoms with Gasteiger partial charge in [-0.25, -0.2) is 19.3 Å². The minimum absolute atomic E-state index is 0.0358. The Hall–Kier alpha value is -3.79. The van der Waals surface area contributed by atoms with Crippen molar-refractivity contribution in [3.8, 4) is 22.8 Å². The third-order valence-corrected chi connectivity index (χ3v) is 6.14. The summed E-state index contributed by atoms with van der Waals surface area (Å²) in [6.45, 7) is 8.37. The summed E-state index contributed by atoms with van der Waals surface area (Å²) < 4.78 is 25.6. The SMILES string of the molecule is CC(C)N1CCN(C(=O)c2ccc(Nc3ncc(F)c(-c4ccc5c(c4)OCCO5)n3)nc2)CC1. The second-order valence-electron chi connectivity index (χ2n) is 8.73. The summed E-state index contributed by atoms with van der Waals surface area (Å²) in [5.74, 6) is 1.21. The van der Waals surface area contributed by atoms with Crippen LogP contribution in [-0.2, 0) is 0 Å². The molecule has 0 atom stereocenters. The van der Waals surface area contributed by atoms with Gasteiger partial charge in [0.15, 0.2) is 17.3 Å². The molecule has 4 heterocycles. The first-order chi connectivity index (χ1) is 17.0. The molecule has 1 saturated heterocycles. The third kappa shape index (κ3) is 5.02. The van der Waals surface area contributed by atoms with E-state index in [2.05, 4.69) is 39.0 Å². The summed E-state index contributed by atoms with van der Waals surface area (Å²) in [6.07, 6.45) is 2.64. The summed E-state index contributed by atoms with van der Waals surface area (Å²) in [5, 5.41) is 2.98. The number of carbonyl (C=O) groups is 1. The van der Waals surface area contributed by atoms with E-state index in [1.807, 2.05) is 4.90 Å². The van der Waals surface area contributed by atoms with Gasteiger partial charge in [-0.1, -0.05) is 0 Å². The van der Waals surface area contributed by atoms with E-state index in [0.717, 1.165) is 19.3 Å². The van der Waals surface area contributed by atoms with Crippen LogP contribution in [0, 0.1) is 5.82 Å². The van der Waals surface area contributed by atoms with E-state index >= 15 is 0 Å². The van der Waals surface area contributed by atoms with Crippen LogP contribution in [0.4, 0.5) is 16.2 Å². The summed E-state index contributed by atoms with van der Waals surface area (Å²) >= 11 is 0. The third-order valence-electron chi connectivity index (χ3n) is 6.14. The van der Waals surface area contributed by atoms with Crippen LogP contribution < -0.4 is 14.8 Å². The molecule has 1 fully saturated rings. The zero-order valence-electron chi connectivity index (χ0n) is 19.7. The Bertz CT molecular complexity index is 1210. The number of carbonyl (C=O) groups excluding carboxylic acids is 1. The van der Waals surface area contributed by atoms with Gasteiger partial charge in [-0.05, 0) is 44.2 Å². The molecule has 0 bridgehead atoms. The fourth-order valence-electron chi connectivity index (χ4n) is 4.15. The smallest absolute Gasteiger partial charge is 0.255 e. The maximum Gasteiger partial charge on any atom is 0.255 e. The molecule has 3 aromatic rings. The lowest BCUT2D eigenvalue weighted by Gasteiger charge is -2.36. The molecule has 10 heteroatoms. The maximum atomic E-state index is 14.5. The van der Waals surface area contributed by atoms with Crippen LogP contribution in [0.2, 0.25) is 0 Å². The minimum Gasteiger partial charge on any atom is -0.486 e. The fraction of sp³-hybridized carbons (Fsp3) is 0.360. The lowest BCUT2D eigenvalue weighted by Crippen LogP contribution is -2.50. The Morgan fingerprint density at radius 3 is 2.49 bits per heavy atom. The van der Waals surface area contributed by atoms with Crippen molar-refractivity contribution in [1.82, 2.24) is 24.8 Å². The van der Waals surface area contributed by atoms with Crippen molar-refractivity contribution in [3.05, 3.63) is 54.1 Å². The van der Waals surface area contributed by atoms with Gasteiger partial charge in [-0.3, -0.25) is 9.69 Å². The molecule has 0 unspecified atom stereocenters. The van der Waals surface area contributed by atoms with Gasteiger partial charge in [0.1, 0.15) is 24.7 Å². The Balaban J connectivity index is 1.27. The Morgan fingerprint density at radius 2 is 1.77 bits per heavy atom. The first-order valence-corrected chi connectivity index (χ1v) is 11.7. The molecule has 5 rings (SSSR count). The van der Waals surface area contributed by atoms with Crippen LogP contribution in [0.15, 0.2) is 42.7 Å². The number of anilines is 2. The second-order valence-corrected chi connectivity index (χ2v) is 8.73. The van der Waals surface area contributed by atoms with E-state index in [-0.39, 0.29) is 17.5 Å². The summed E-state index contributed by atoms with van der Waals surface area (Å²) in [6, 6.07) is 9.04. The molecule has 182 valence electrons. The molecule has 2 aromatic heterocycles. The van der Waals surface area contributed by atoms with E-state index in [4.69, 9.17) is 9.47 Å². The van der Waals surface area contributed by atoms with Crippen molar-refractivity contribution in [2.45, 2.75) is 19.9 Å². The number of nitrogens with zero attached hydrogens (tertiary/aromatic N) is 5. The van der Waals surface area contributed by atoms with Crippen LogP contribution in [0.5, 0.6) is 11.5 Å². The van der Waals surface area contributed by atoms with Crippen LogP contribution in [0.3, 0.4) is 0 Å². The first-order valence-electron chi connectivity index (χ1n) is 11.7. The maximum absolute atomic E-state index is 14.5. The molecule has 2 aliphatic heterocycles. The molecule has 1 N–H and O–H groups in total. The van der Waals surface area contributed by atoms with Crippen LogP contribution in [0.25, 0.3) is 11.3 Å². The molecule has 9 nitrogen and oxygen atoms in total. The van der Waals surface area contributed by atoms with Gasteiger partial charge in [0, 0.05) is 44.0 Å². The van der Waals surface area contributed by atoms with Gasteiger partial charge >= 0.3 is 0 Å². The highest BCUT2D eigenvalue weighted by atomic mass is 19.1.